The number of benzene rings is 1. The van der Waals surface area contributed by atoms with E-state index in [1.807, 2.05) is 39.8 Å². The molecule has 1 aliphatic rings. The summed E-state index contributed by atoms with van der Waals surface area (Å²) >= 11 is 0. The van der Waals surface area contributed by atoms with Gasteiger partial charge in [-0.2, -0.15) is 0 Å². The van der Waals surface area contributed by atoms with Crippen LogP contribution in [0, 0.1) is 5.92 Å². The van der Waals surface area contributed by atoms with E-state index in [0.717, 1.165) is 18.1 Å². The van der Waals surface area contributed by atoms with Crippen LogP contribution in [0.25, 0.3) is 0 Å². The molecular weight excluding hydrogens is 371 g/mol. The van der Waals surface area contributed by atoms with Crippen LogP contribution in [0.4, 0.5) is 0 Å². The highest BCUT2D eigenvalue weighted by molar-refractivity contribution is 8.93. The molecule has 1 aliphatic heterocycles. The van der Waals surface area contributed by atoms with Crippen LogP contribution in [0.15, 0.2) is 30.3 Å². The Kier molecular flexibility index (Phi) is 9.52. The topological polar surface area (TPSA) is 17.1 Å². The fourth-order valence-corrected chi connectivity index (χ4v) is 5.71. The summed E-state index contributed by atoms with van der Waals surface area (Å²) in [6.07, 6.45) is 5.69. The van der Waals surface area contributed by atoms with E-state index in [-0.39, 0.29) is 28.4 Å². The summed E-state index contributed by atoms with van der Waals surface area (Å²) in [5, 5.41) is 0.821. The molecular formula is C15H22BrOPS2. The average Bonchev–Trinajstić information content (AvgIpc) is 2.92. The molecule has 20 heavy (non-hydrogen) atoms. The summed E-state index contributed by atoms with van der Waals surface area (Å²) in [7, 11) is 6.40. The molecule has 1 fully saturated rings. The quantitative estimate of drug-likeness (QED) is 0.471. The van der Waals surface area contributed by atoms with E-state index in [4.69, 9.17) is 0 Å². The van der Waals surface area contributed by atoms with Gasteiger partial charge in [-0.3, -0.25) is 4.79 Å². The highest BCUT2D eigenvalue weighted by atomic mass is 79.9. The van der Waals surface area contributed by atoms with Crippen molar-refractivity contribution < 1.29 is 4.79 Å². The minimum Gasteiger partial charge on any atom is -0.295 e. The summed E-state index contributed by atoms with van der Waals surface area (Å²) in [6.45, 7) is 0. The second kappa shape index (κ2) is 10.3. The minimum atomic E-state index is 0. The highest BCUT2D eigenvalue weighted by Crippen LogP contribution is 2.40. The van der Waals surface area contributed by atoms with Gasteiger partial charge in [-0.05, 0) is 31.2 Å². The molecule has 112 valence electrons. The van der Waals surface area contributed by atoms with Gasteiger partial charge < -0.3 is 0 Å². The van der Waals surface area contributed by atoms with Crippen molar-refractivity contribution in [1.29, 1.82) is 0 Å². The summed E-state index contributed by atoms with van der Waals surface area (Å²) < 4.78 is 0. The third-order valence-electron chi connectivity index (χ3n) is 3.53. The Bertz CT molecular complexity index is 396. The Morgan fingerprint density at radius 1 is 1.35 bits per heavy atom. The normalized spacial score (nSPS) is 19.4. The van der Waals surface area contributed by atoms with Gasteiger partial charge in [0.1, 0.15) is 0 Å². The van der Waals surface area contributed by atoms with Crippen LogP contribution in [0.1, 0.15) is 31.2 Å². The molecule has 0 aromatic heterocycles. The first kappa shape index (κ1) is 18.5. The van der Waals surface area contributed by atoms with Gasteiger partial charge in [0.15, 0.2) is 5.52 Å². The van der Waals surface area contributed by atoms with Crippen LogP contribution in [-0.2, 0) is 11.2 Å². The van der Waals surface area contributed by atoms with Gasteiger partial charge in [0.05, 0.1) is 0 Å². The highest BCUT2D eigenvalue weighted by Gasteiger charge is 2.19. The van der Waals surface area contributed by atoms with Crippen molar-refractivity contribution in [3.05, 3.63) is 35.9 Å². The van der Waals surface area contributed by atoms with E-state index >= 15 is 0 Å². The van der Waals surface area contributed by atoms with Crippen LogP contribution < -0.4 is 0 Å². The maximum absolute atomic E-state index is 11.7. The monoisotopic (exact) mass is 392 g/mol. The number of hydrogen-bond acceptors (Lipinski definition) is 3. The average molecular weight is 393 g/mol. The molecule has 5 heteroatoms. The van der Waals surface area contributed by atoms with E-state index < -0.39 is 0 Å². The van der Waals surface area contributed by atoms with Gasteiger partial charge in [-0.15, -0.1) is 17.0 Å². The molecule has 0 spiro atoms. The number of carbonyl (C=O) groups excluding carboxylic acids is 1. The lowest BCUT2D eigenvalue weighted by atomic mass is 9.94. The SMILES string of the molecule is Br.O=C(P)C(CCCC1CCSS1)Cc1ccccc1. The second-order valence-electron chi connectivity index (χ2n) is 5.05. The third kappa shape index (κ3) is 6.51. The molecule has 0 radical (unpaired) electrons. The van der Waals surface area contributed by atoms with Crippen molar-refractivity contribution in [3.8, 4) is 0 Å². The van der Waals surface area contributed by atoms with Gasteiger partial charge in [-0.1, -0.05) is 67.6 Å². The third-order valence-corrected chi connectivity index (χ3v) is 7.01. The molecule has 3 atom stereocenters. The van der Waals surface area contributed by atoms with Crippen LogP contribution in [0.2, 0.25) is 0 Å². The van der Waals surface area contributed by atoms with Crippen molar-refractivity contribution in [1.82, 2.24) is 0 Å². The predicted molar refractivity (Wildman–Crippen MR) is 101 cm³/mol. The summed E-state index contributed by atoms with van der Waals surface area (Å²) in [5.74, 6) is 1.47. The molecule has 0 aliphatic carbocycles. The molecule has 0 amide bonds. The van der Waals surface area contributed by atoms with Crippen LogP contribution in [0.5, 0.6) is 0 Å². The van der Waals surface area contributed by atoms with Crippen LogP contribution in [0.3, 0.4) is 0 Å². The summed E-state index contributed by atoms with van der Waals surface area (Å²) in [6, 6.07) is 10.3. The fraction of sp³-hybridized carbons (Fsp3) is 0.533. The Hall–Kier alpha value is 0.500. The van der Waals surface area contributed by atoms with E-state index in [1.54, 1.807) is 0 Å². The van der Waals surface area contributed by atoms with Crippen molar-refractivity contribution in [3.63, 3.8) is 0 Å². The standard InChI is InChI=1S/C15H21OPS2.BrH/c16-15(17)13(11-12-5-2-1-3-6-12)7-4-8-14-9-10-18-19-14;/h1-3,5-6,13-14H,4,7-11,17H2;1H. The van der Waals surface area contributed by atoms with E-state index in [2.05, 4.69) is 21.4 Å². The first-order valence-electron chi connectivity index (χ1n) is 6.87. The first-order valence-corrected chi connectivity index (χ1v) is 9.83. The molecule has 0 saturated carbocycles. The van der Waals surface area contributed by atoms with Crippen molar-refractivity contribution >= 4 is 53.3 Å². The lowest BCUT2D eigenvalue weighted by Crippen LogP contribution is -2.12. The lowest BCUT2D eigenvalue weighted by Gasteiger charge is -2.15. The second-order valence-corrected chi connectivity index (χ2v) is 8.41. The van der Waals surface area contributed by atoms with E-state index in [0.29, 0.717) is 0 Å². The largest absolute Gasteiger partial charge is 0.295 e. The van der Waals surface area contributed by atoms with Gasteiger partial charge in [0.2, 0.25) is 0 Å². The summed E-state index contributed by atoms with van der Waals surface area (Å²) in [5.41, 5.74) is 1.53. The fourth-order valence-electron chi connectivity index (χ4n) is 2.40. The maximum Gasteiger partial charge on any atom is 0.151 e. The van der Waals surface area contributed by atoms with Crippen LogP contribution in [-0.4, -0.2) is 16.5 Å². The molecule has 3 unspecified atom stereocenters. The Labute approximate surface area is 142 Å². The Balaban J connectivity index is 0.00000200. The minimum absolute atomic E-state index is 0. The molecule has 1 heterocycles. The van der Waals surface area contributed by atoms with Gasteiger partial charge in [0.25, 0.3) is 0 Å². The number of halogens is 1. The molecule has 0 bridgehead atoms. The van der Waals surface area contributed by atoms with Crippen molar-refractivity contribution in [2.75, 3.05) is 5.75 Å². The number of rotatable bonds is 7. The van der Waals surface area contributed by atoms with Crippen molar-refractivity contribution in [2.24, 2.45) is 5.92 Å². The summed E-state index contributed by atoms with van der Waals surface area (Å²) in [4.78, 5) is 11.7. The molecule has 2 rings (SSSR count). The smallest absolute Gasteiger partial charge is 0.151 e. The number of carbonyl (C=O) groups is 1. The van der Waals surface area contributed by atoms with Gasteiger partial charge >= 0.3 is 0 Å². The van der Waals surface area contributed by atoms with E-state index in [1.165, 1.54) is 30.6 Å². The molecule has 1 aromatic rings. The van der Waals surface area contributed by atoms with Crippen LogP contribution >= 0.6 is 47.8 Å². The van der Waals surface area contributed by atoms with E-state index in [9.17, 15) is 4.79 Å². The molecule has 1 saturated heterocycles. The zero-order valence-corrected chi connectivity index (χ0v) is 16.0. The van der Waals surface area contributed by atoms with Crippen molar-refractivity contribution in [2.45, 2.75) is 37.4 Å². The molecule has 0 N–H and O–H groups in total. The predicted octanol–water partition coefficient (Wildman–Crippen LogP) is 5.15. The molecule has 1 nitrogen and oxygen atoms in total. The molecule has 1 aromatic carbocycles. The van der Waals surface area contributed by atoms with Gasteiger partial charge in [-0.25, -0.2) is 0 Å². The number of hydrogen-bond donors (Lipinski definition) is 0. The van der Waals surface area contributed by atoms with Gasteiger partial charge in [0, 0.05) is 16.9 Å². The zero-order chi connectivity index (χ0) is 13.5. The maximum atomic E-state index is 11.7. The lowest BCUT2D eigenvalue weighted by molar-refractivity contribution is -0.114. The Morgan fingerprint density at radius 2 is 2.10 bits per heavy atom. The zero-order valence-electron chi connectivity index (χ0n) is 11.5. The Morgan fingerprint density at radius 3 is 2.70 bits per heavy atom. The first-order chi connectivity index (χ1) is 9.25.